The minimum atomic E-state index is -0.967. The smallest absolute Gasteiger partial charge is 0.167 e. The fourth-order valence-corrected chi connectivity index (χ4v) is 2.01. The molecule has 0 atom stereocenters. The van der Waals surface area contributed by atoms with Gasteiger partial charge in [-0.1, -0.05) is 12.1 Å². The third-order valence-corrected chi connectivity index (χ3v) is 3.10. The first kappa shape index (κ1) is 14.2. The van der Waals surface area contributed by atoms with E-state index in [1.807, 2.05) is 6.92 Å². The average Bonchev–Trinajstić information content (AvgIpc) is 2.43. The molecule has 0 bridgehead atoms. The molecule has 0 aliphatic heterocycles. The van der Waals surface area contributed by atoms with Crippen LogP contribution in [0.2, 0.25) is 0 Å². The normalized spacial score (nSPS) is 10.4. The highest BCUT2D eigenvalue weighted by atomic mass is 19.2. The van der Waals surface area contributed by atoms with E-state index in [0.717, 1.165) is 11.6 Å². The van der Waals surface area contributed by atoms with Gasteiger partial charge in [-0.05, 0) is 42.3 Å². The lowest BCUT2D eigenvalue weighted by atomic mass is 10.0. The SMILES string of the molecule is COc1ccc(C(=O)Cc2cccc(F)c2F)cc1C. The summed E-state index contributed by atoms with van der Waals surface area (Å²) in [6, 6.07) is 8.81. The van der Waals surface area contributed by atoms with Crippen molar-refractivity contribution in [1.29, 1.82) is 0 Å². The highest BCUT2D eigenvalue weighted by Crippen LogP contribution is 2.20. The molecule has 0 fully saturated rings. The summed E-state index contributed by atoms with van der Waals surface area (Å²) in [7, 11) is 1.55. The molecule has 2 aromatic rings. The van der Waals surface area contributed by atoms with E-state index >= 15 is 0 Å². The molecule has 0 unspecified atom stereocenters. The Kier molecular flexibility index (Phi) is 4.13. The second kappa shape index (κ2) is 5.82. The van der Waals surface area contributed by atoms with Gasteiger partial charge in [0.25, 0.3) is 0 Å². The Morgan fingerprint density at radius 1 is 1.20 bits per heavy atom. The van der Waals surface area contributed by atoms with Crippen molar-refractivity contribution in [2.75, 3.05) is 7.11 Å². The van der Waals surface area contributed by atoms with E-state index in [0.29, 0.717) is 11.3 Å². The Morgan fingerprint density at radius 3 is 2.60 bits per heavy atom. The van der Waals surface area contributed by atoms with Gasteiger partial charge < -0.3 is 4.74 Å². The number of Topliss-reactive ketones (excluding diaryl/α,β-unsaturated/α-hetero) is 1. The number of carbonyl (C=O) groups excluding carboxylic acids is 1. The number of ether oxygens (including phenoxy) is 1. The molecule has 2 aromatic carbocycles. The molecule has 0 saturated carbocycles. The molecule has 0 heterocycles. The predicted octanol–water partition coefficient (Wildman–Crippen LogP) is 3.71. The summed E-state index contributed by atoms with van der Waals surface area (Å²) < 4.78 is 31.7. The number of hydrogen-bond donors (Lipinski definition) is 0. The first-order valence-corrected chi connectivity index (χ1v) is 6.13. The topological polar surface area (TPSA) is 26.3 Å². The van der Waals surface area contributed by atoms with E-state index in [1.54, 1.807) is 25.3 Å². The summed E-state index contributed by atoms with van der Waals surface area (Å²) in [6.45, 7) is 1.82. The minimum Gasteiger partial charge on any atom is -0.496 e. The Hall–Kier alpha value is -2.23. The molecule has 2 rings (SSSR count). The number of ketones is 1. The second-order valence-corrected chi connectivity index (χ2v) is 4.50. The van der Waals surface area contributed by atoms with Crippen LogP contribution < -0.4 is 4.74 Å². The van der Waals surface area contributed by atoms with Crippen LogP contribution in [0.15, 0.2) is 36.4 Å². The lowest BCUT2D eigenvalue weighted by molar-refractivity contribution is 0.0991. The molecular formula is C16H14F2O2. The van der Waals surface area contributed by atoms with Crippen LogP contribution in [-0.2, 0) is 6.42 Å². The summed E-state index contributed by atoms with van der Waals surface area (Å²) in [6.07, 6.45) is -0.171. The summed E-state index contributed by atoms with van der Waals surface area (Å²) in [5.74, 6) is -1.49. The molecule has 0 N–H and O–H groups in total. The summed E-state index contributed by atoms with van der Waals surface area (Å²) >= 11 is 0. The number of benzene rings is 2. The molecule has 20 heavy (non-hydrogen) atoms. The first-order chi connectivity index (χ1) is 9.52. The van der Waals surface area contributed by atoms with Crippen molar-refractivity contribution in [1.82, 2.24) is 0 Å². The van der Waals surface area contributed by atoms with Crippen LogP contribution in [0.5, 0.6) is 5.75 Å². The Labute approximate surface area is 116 Å². The Balaban J connectivity index is 2.24. The fourth-order valence-electron chi connectivity index (χ4n) is 2.01. The quantitative estimate of drug-likeness (QED) is 0.796. The third kappa shape index (κ3) is 2.85. The van der Waals surface area contributed by atoms with Crippen LogP contribution in [-0.4, -0.2) is 12.9 Å². The van der Waals surface area contributed by atoms with Crippen LogP contribution >= 0.6 is 0 Å². The van der Waals surface area contributed by atoms with Crippen LogP contribution in [0.25, 0.3) is 0 Å². The molecule has 0 aromatic heterocycles. The summed E-state index contributed by atoms with van der Waals surface area (Å²) in [4.78, 5) is 12.1. The maximum Gasteiger partial charge on any atom is 0.167 e. The van der Waals surface area contributed by atoms with Crippen molar-refractivity contribution in [2.45, 2.75) is 13.3 Å². The molecule has 0 saturated heterocycles. The molecule has 2 nitrogen and oxygen atoms in total. The van der Waals surface area contributed by atoms with E-state index in [9.17, 15) is 13.6 Å². The summed E-state index contributed by atoms with van der Waals surface area (Å²) in [5.41, 5.74) is 1.33. The van der Waals surface area contributed by atoms with Gasteiger partial charge in [0.2, 0.25) is 0 Å². The van der Waals surface area contributed by atoms with Gasteiger partial charge >= 0.3 is 0 Å². The fraction of sp³-hybridized carbons (Fsp3) is 0.188. The minimum absolute atomic E-state index is 0.0588. The molecule has 0 aliphatic carbocycles. The maximum atomic E-state index is 13.5. The number of halogens is 2. The van der Waals surface area contributed by atoms with E-state index in [2.05, 4.69) is 0 Å². The molecule has 0 spiro atoms. The van der Waals surface area contributed by atoms with Crippen LogP contribution in [0, 0.1) is 18.6 Å². The molecule has 0 aliphatic rings. The van der Waals surface area contributed by atoms with Gasteiger partial charge in [0.1, 0.15) is 5.75 Å². The van der Waals surface area contributed by atoms with E-state index < -0.39 is 11.6 Å². The largest absolute Gasteiger partial charge is 0.496 e. The van der Waals surface area contributed by atoms with E-state index in [4.69, 9.17) is 4.74 Å². The zero-order valence-corrected chi connectivity index (χ0v) is 11.2. The van der Waals surface area contributed by atoms with Gasteiger partial charge in [-0.2, -0.15) is 0 Å². The van der Waals surface area contributed by atoms with Gasteiger partial charge in [0.15, 0.2) is 17.4 Å². The van der Waals surface area contributed by atoms with Crippen molar-refractivity contribution < 1.29 is 18.3 Å². The van der Waals surface area contributed by atoms with Crippen LogP contribution in [0.3, 0.4) is 0 Å². The number of rotatable bonds is 4. The van der Waals surface area contributed by atoms with Crippen molar-refractivity contribution in [3.05, 3.63) is 64.7 Å². The van der Waals surface area contributed by atoms with Crippen LogP contribution in [0.1, 0.15) is 21.5 Å². The number of hydrogen-bond acceptors (Lipinski definition) is 2. The molecular weight excluding hydrogens is 262 g/mol. The highest BCUT2D eigenvalue weighted by molar-refractivity contribution is 5.97. The van der Waals surface area contributed by atoms with Crippen molar-refractivity contribution in [2.24, 2.45) is 0 Å². The highest BCUT2D eigenvalue weighted by Gasteiger charge is 2.14. The molecule has 104 valence electrons. The summed E-state index contributed by atoms with van der Waals surface area (Å²) in [5, 5.41) is 0. The predicted molar refractivity (Wildman–Crippen MR) is 72.1 cm³/mol. The van der Waals surface area contributed by atoms with Crippen molar-refractivity contribution >= 4 is 5.78 Å². The first-order valence-electron chi connectivity index (χ1n) is 6.13. The Bertz CT molecular complexity index is 651. The number of methoxy groups -OCH3 is 1. The van der Waals surface area contributed by atoms with Crippen molar-refractivity contribution in [3.8, 4) is 5.75 Å². The zero-order chi connectivity index (χ0) is 14.7. The van der Waals surface area contributed by atoms with Gasteiger partial charge in [-0.3, -0.25) is 4.79 Å². The molecule has 0 radical (unpaired) electrons. The van der Waals surface area contributed by atoms with Crippen LogP contribution in [0.4, 0.5) is 8.78 Å². The lowest BCUT2D eigenvalue weighted by Gasteiger charge is -2.07. The zero-order valence-electron chi connectivity index (χ0n) is 11.2. The van der Waals surface area contributed by atoms with Gasteiger partial charge in [-0.25, -0.2) is 8.78 Å². The monoisotopic (exact) mass is 276 g/mol. The lowest BCUT2D eigenvalue weighted by Crippen LogP contribution is -2.06. The van der Waals surface area contributed by atoms with Gasteiger partial charge in [0, 0.05) is 12.0 Å². The standard InChI is InChI=1S/C16H14F2O2/c1-10-8-11(6-7-15(10)20-2)14(19)9-12-4-3-5-13(17)16(12)18/h3-8H,9H2,1-2H3. The van der Waals surface area contributed by atoms with Gasteiger partial charge in [-0.15, -0.1) is 0 Å². The van der Waals surface area contributed by atoms with Crippen molar-refractivity contribution in [3.63, 3.8) is 0 Å². The second-order valence-electron chi connectivity index (χ2n) is 4.50. The van der Waals surface area contributed by atoms with E-state index in [1.165, 1.54) is 12.1 Å². The molecule has 4 heteroatoms. The third-order valence-electron chi connectivity index (χ3n) is 3.10. The average molecular weight is 276 g/mol. The molecule has 0 amide bonds. The number of aryl methyl sites for hydroxylation is 1. The maximum absolute atomic E-state index is 13.5. The van der Waals surface area contributed by atoms with Gasteiger partial charge in [0.05, 0.1) is 7.11 Å². The Morgan fingerprint density at radius 2 is 1.95 bits per heavy atom. The van der Waals surface area contributed by atoms with E-state index in [-0.39, 0.29) is 17.8 Å². The number of carbonyl (C=O) groups is 1.